The van der Waals surface area contributed by atoms with E-state index in [0.29, 0.717) is 6.10 Å². The van der Waals surface area contributed by atoms with Crippen molar-refractivity contribution in [3.63, 3.8) is 0 Å². The molecule has 0 radical (unpaired) electrons. The van der Waals surface area contributed by atoms with E-state index in [9.17, 15) is 0 Å². The maximum atomic E-state index is 5.80. The molecule has 1 saturated heterocycles. The molecular formula is C13H17N5O. The summed E-state index contributed by atoms with van der Waals surface area (Å²) in [6, 6.07) is 3.89. The van der Waals surface area contributed by atoms with Gasteiger partial charge < -0.3 is 10.1 Å². The molecule has 0 aromatic carbocycles. The van der Waals surface area contributed by atoms with Gasteiger partial charge in [-0.05, 0) is 31.9 Å². The van der Waals surface area contributed by atoms with Crippen LogP contribution in [0.4, 0.5) is 5.69 Å². The highest BCUT2D eigenvalue weighted by atomic mass is 16.5. The molecule has 0 spiro atoms. The maximum Gasteiger partial charge on any atom is 0.178 e. The van der Waals surface area contributed by atoms with E-state index in [1.807, 2.05) is 12.1 Å². The summed E-state index contributed by atoms with van der Waals surface area (Å²) in [6.45, 7) is 2.91. The SMILES string of the molecule is CC1CCC(CNc2cccnc2-n2cncn2)O1. The molecule has 19 heavy (non-hydrogen) atoms. The summed E-state index contributed by atoms with van der Waals surface area (Å²) in [5.41, 5.74) is 0.941. The Morgan fingerprint density at radius 1 is 1.47 bits per heavy atom. The number of ether oxygens (including phenoxy) is 1. The number of hydrogen-bond acceptors (Lipinski definition) is 5. The highest BCUT2D eigenvalue weighted by Crippen LogP contribution is 2.21. The van der Waals surface area contributed by atoms with Crippen LogP contribution in [0, 0.1) is 0 Å². The minimum atomic E-state index is 0.277. The molecule has 100 valence electrons. The lowest BCUT2D eigenvalue weighted by molar-refractivity contribution is 0.0637. The fourth-order valence-corrected chi connectivity index (χ4v) is 2.29. The Morgan fingerprint density at radius 2 is 2.42 bits per heavy atom. The lowest BCUT2D eigenvalue weighted by Crippen LogP contribution is -2.20. The first-order valence-electron chi connectivity index (χ1n) is 6.52. The molecule has 3 rings (SSSR count). The first kappa shape index (κ1) is 12.1. The molecule has 3 heterocycles. The minimum absolute atomic E-state index is 0.277. The van der Waals surface area contributed by atoms with Crippen LogP contribution in [0.1, 0.15) is 19.8 Å². The van der Waals surface area contributed by atoms with Crippen molar-refractivity contribution in [3.05, 3.63) is 31.0 Å². The zero-order chi connectivity index (χ0) is 13.1. The lowest BCUT2D eigenvalue weighted by atomic mass is 10.2. The van der Waals surface area contributed by atoms with Crippen LogP contribution in [-0.4, -0.2) is 38.5 Å². The predicted octanol–water partition coefficient (Wildman–Crippen LogP) is 1.64. The van der Waals surface area contributed by atoms with Crippen LogP contribution >= 0.6 is 0 Å². The summed E-state index contributed by atoms with van der Waals surface area (Å²) in [5.74, 6) is 0.756. The molecule has 0 saturated carbocycles. The normalized spacial score (nSPS) is 22.6. The number of hydrogen-bond donors (Lipinski definition) is 1. The Kier molecular flexibility index (Phi) is 3.41. The molecule has 2 unspecified atom stereocenters. The van der Waals surface area contributed by atoms with Gasteiger partial charge in [-0.15, -0.1) is 0 Å². The Bertz CT molecular complexity index is 528. The Balaban J connectivity index is 1.71. The molecule has 6 heteroatoms. The van der Waals surface area contributed by atoms with E-state index >= 15 is 0 Å². The average Bonchev–Trinajstić information content (AvgIpc) is 3.08. The maximum absolute atomic E-state index is 5.80. The van der Waals surface area contributed by atoms with Gasteiger partial charge in [0.1, 0.15) is 12.7 Å². The second-order valence-electron chi connectivity index (χ2n) is 4.74. The fraction of sp³-hybridized carbons (Fsp3) is 0.462. The van der Waals surface area contributed by atoms with Crippen LogP contribution < -0.4 is 5.32 Å². The quantitative estimate of drug-likeness (QED) is 0.904. The largest absolute Gasteiger partial charge is 0.379 e. The number of anilines is 1. The first-order chi connectivity index (χ1) is 9.33. The molecule has 2 atom stereocenters. The van der Waals surface area contributed by atoms with Gasteiger partial charge in [-0.25, -0.2) is 14.6 Å². The van der Waals surface area contributed by atoms with E-state index in [2.05, 4.69) is 27.3 Å². The van der Waals surface area contributed by atoms with Crippen LogP contribution in [0.15, 0.2) is 31.0 Å². The molecule has 2 aromatic rings. The standard InChI is InChI=1S/C13H17N5O/c1-10-4-5-11(19-10)7-16-12-3-2-6-15-13(12)18-9-14-8-17-18/h2-3,6,8-11,16H,4-5,7H2,1H3. The fourth-order valence-electron chi connectivity index (χ4n) is 2.29. The van der Waals surface area contributed by atoms with Crippen molar-refractivity contribution in [2.75, 3.05) is 11.9 Å². The van der Waals surface area contributed by atoms with Crippen molar-refractivity contribution in [3.8, 4) is 5.82 Å². The van der Waals surface area contributed by atoms with E-state index in [-0.39, 0.29) is 6.10 Å². The van der Waals surface area contributed by atoms with Gasteiger partial charge in [0, 0.05) is 12.7 Å². The molecule has 2 aromatic heterocycles. The number of rotatable bonds is 4. The summed E-state index contributed by atoms with van der Waals surface area (Å²) in [4.78, 5) is 8.29. The van der Waals surface area contributed by atoms with Gasteiger partial charge in [-0.2, -0.15) is 5.10 Å². The number of aromatic nitrogens is 4. The van der Waals surface area contributed by atoms with E-state index in [0.717, 1.165) is 30.9 Å². The molecule has 1 aliphatic rings. The van der Waals surface area contributed by atoms with Gasteiger partial charge in [0.15, 0.2) is 5.82 Å². The molecule has 1 aliphatic heterocycles. The zero-order valence-electron chi connectivity index (χ0n) is 10.9. The van der Waals surface area contributed by atoms with Crippen molar-refractivity contribution < 1.29 is 4.74 Å². The van der Waals surface area contributed by atoms with Crippen molar-refractivity contribution >= 4 is 5.69 Å². The van der Waals surface area contributed by atoms with E-state index < -0.39 is 0 Å². The van der Waals surface area contributed by atoms with Crippen LogP contribution in [0.2, 0.25) is 0 Å². The number of nitrogens with one attached hydrogen (secondary N) is 1. The van der Waals surface area contributed by atoms with Crippen LogP contribution in [-0.2, 0) is 4.74 Å². The summed E-state index contributed by atoms with van der Waals surface area (Å²) >= 11 is 0. The summed E-state index contributed by atoms with van der Waals surface area (Å²) < 4.78 is 7.45. The lowest BCUT2D eigenvalue weighted by Gasteiger charge is -2.15. The Hall–Kier alpha value is -1.95. The molecule has 6 nitrogen and oxygen atoms in total. The van der Waals surface area contributed by atoms with Crippen molar-refractivity contribution in [2.45, 2.75) is 32.0 Å². The molecule has 1 N–H and O–H groups in total. The third-order valence-corrected chi connectivity index (χ3v) is 3.26. The molecular weight excluding hydrogens is 242 g/mol. The summed E-state index contributed by atoms with van der Waals surface area (Å²) in [7, 11) is 0. The third kappa shape index (κ3) is 2.73. The van der Waals surface area contributed by atoms with Crippen LogP contribution in [0.3, 0.4) is 0 Å². The Labute approximate surface area is 111 Å². The summed E-state index contributed by atoms with van der Waals surface area (Å²) in [5, 5.41) is 7.50. The molecule has 0 amide bonds. The highest BCUT2D eigenvalue weighted by Gasteiger charge is 2.21. The number of pyridine rings is 1. The minimum Gasteiger partial charge on any atom is -0.379 e. The monoisotopic (exact) mass is 259 g/mol. The van der Waals surface area contributed by atoms with E-state index in [4.69, 9.17) is 4.74 Å². The van der Waals surface area contributed by atoms with Gasteiger partial charge in [-0.3, -0.25) is 0 Å². The van der Waals surface area contributed by atoms with E-state index in [1.165, 1.54) is 6.33 Å². The van der Waals surface area contributed by atoms with Crippen LogP contribution in [0.25, 0.3) is 5.82 Å². The second kappa shape index (κ2) is 5.36. The molecule has 1 fully saturated rings. The predicted molar refractivity (Wildman–Crippen MR) is 71.2 cm³/mol. The zero-order valence-corrected chi connectivity index (χ0v) is 10.9. The molecule has 0 bridgehead atoms. The number of nitrogens with zero attached hydrogens (tertiary/aromatic N) is 4. The molecule has 0 aliphatic carbocycles. The first-order valence-corrected chi connectivity index (χ1v) is 6.52. The topological polar surface area (TPSA) is 64.9 Å². The van der Waals surface area contributed by atoms with Gasteiger partial charge in [0.25, 0.3) is 0 Å². The van der Waals surface area contributed by atoms with Gasteiger partial charge in [-0.1, -0.05) is 0 Å². The Morgan fingerprint density at radius 3 is 3.16 bits per heavy atom. The smallest absolute Gasteiger partial charge is 0.178 e. The van der Waals surface area contributed by atoms with Gasteiger partial charge in [0.2, 0.25) is 0 Å². The van der Waals surface area contributed by atoms with Crippen molar-refractivity contribution in [1.82, 2.24) is 19.7 Å². The van der Waals surface area contributed by atoms with Gasteiger partial charge >= 0.3 is 0 Å². The second-order valence-corrected chi connectivity index (χ2v) is 4.74. The van der Waals surface area contributed by atoms with Crippen LogP contribution in [0.5, 0.6) is 0 Å². The highest BCUT2D eigenvalue weighted by molar-refractivity contribution is 5.56. The van der Waals surface area contributed by atoms with Crippen molar-refractivity contribution in [1.29, 1.82) is 0 Å². The van der Waals surface area contributed by atoms with Crippen molar-refractivity contribution in [2.24, 2.45) is 0 Å². The average molecular weight is 259 g/mol. The third-order valence-electron chi connectivity index (χ3n) is 3.26. The van der Waals surface area contributed by atoms with Gasteiger partial charge in [0.05, 0.1) is 17.9 Å². The van der Waals surface area contributed by atoms with E-state index in [1.54, 1.807) is 17.2 Å². The summed E-state index contributed by atoms with van der Waals surface area (Å²) in [6.07, 6.45) is 7.77.